The lowest BCUT2D eigenvalue weighted by Crippen LogP contribution is -2.01. The third-order valence-electron chi connectivity index (χ3n) is 4.49. The Labute approximate surface area is 148 Å². The van der Waals surface area contributed by atoms with Crippen LogP contribution in [0.4, 0.5) is 0 Å². The lowest BCUT2D eigenvalue weighted by atomic mass is 10.1. The predicted molar refractivity (Wildman–Crippen MR) is 105 cm³/mol. The Morgan fingerprint density at radius 1 is 0.913 bits per heavy atom. The molecule has 1 unspecified atom stereocenters. The van der Waals surface area contributed by atoms with Crippen LogP contribution in [0, 0.1) is 0 Å². The number of aromatic nitrogens is 2. The zero-order valence-electron chi connectivity index (χ0n) is 15.5. The molecule has 0 fully saturated rings. The van der Waals surface area contributed by atoms with E-state index in [0.717, 1.165) is 11.8 Å². The molecule has 1 aromatic rings. The van der Waals surface area contributed by atoms with Gasteiger partial charge in [0.1, 0.15) is 0 Å². The Hall–Kier alpha value is -0.440. The normalized spacial score (nSPS) is 12.6. The third-order valence-corrected chi connectivity index (χ3v) is 5.82. The van der Waals surface area contributed by atoms with Crippen LogP contribution in [-0.2, 0) is 6.54 Å². The Balaban J connectivity index is 1.78. The number of aryl methyl sites for hydroxylation is 1. The van der Waals surface area contributed by atoms with Crippen LogP contribution in [0.1, 0.15) is 90.9 Å². The number of imidazole rings is 1. The molecule has 1 rings (SSSR count). The van der Waals surface area contributed by atoms with Crippen LogP contribution in [0.25, 0.3) is 0 Å². The lowest BCUT2D eigenvalue weighted by molar-refractivity contribution is 0.563. The Kier molecular flexibility index (Phi) is 13.5. The fraction of sp³-hybridized carbons (Fsp3) is 0.850. The van der Waals surface area contributed by atoms with E-state index in [1.54, 1.807) is 0 Å². The maximum absolute atomic E-state index is 4.09. The summed E-state index contributed by atoms with van der Waals surface area (Å²) in [5, 5.41) is 0.803. The van der Waals surface area contributed by atoms with Gasteiger partial charge in [0, 0.05) is 24.2 Å². The fourth-order valence-corrected chi connectivity index (χ4v) is 4.04. The second-order valence-electron chi connectivity index (χ2n) is 6.81. The van der Waals surface area contributed by atoms with Crippen molar-refractivity contribution in [2.24, 2.45) is 0 Å². The average molecular weight is 339 g/mol. The summed E-state index contributed by atoms with van der Waals surface area (Å²) in [6.07, 6.45) is 22.8. The molecule has 0 saturated heterocycles. The third kappa shape index (κ3) is 12.6. The van der Waals surface area contributed by atoms with E-state index >= 15 is 0 Å². The predicted octanol–water partition coefficient (Wildman–Crippen LogP) is 6.71. The van der Waals surface area contributed by atoms with E-state index in [0.29, 0.717) is 0 Å². The number of hydrogen-bond acceptors (Lipinski definition) is 2. The summed E-state index contributed by atoms with van der Waals surface area (Å²) in [6.45, 7) is 5.79. The summed E-state index contributed by atoms with van der Waals surface area (Å²) < 4.78 is 2.18. The van der Waals surface area contributed by atoms with E-state index in [2.05, 4.69) is 41.4 Å². The molecule has 0 bridgehead atoms. The van der Waals surface area contributed by atoms with Crippen molar-refractivity contribution in [1.29, 1.82) is 0 Å². The minimum atomic E-state index is 0.803. The van der Waals surface area contributed by atoms with Gasteiger partial charge in [0.2, 0.25) is 0 Å². The molecule has 1 heterocycles. The first-order valence-electron chi connectivity index (χ1n) is 9.90. The number of unbranched alkanes of at least 4 members (excludes halogenated alkanes) is 9. The highest BCUT2D eigenvalue weighted by molar-refractivity contribution is 7.99. The van der Waals surface area contributed by atoms with Crippen molar-refractivity contribution in [2.45, 2.75) is 103 Å². The van der Waals surface area contributed by atoms with Crippen molar-refractivity contribution in [3.8, 4) is 0 Å². The first-order chi connectivity index (χ1) is 11.3. The molecule has 0 aliphatic heterocycles. The average Bonchev–Trinajstić information content (AvgIpc) is 3.06. The molecule has 0 radical (unpaired) electrons. The molecule has 0 aromatic carbocycles. The topological polar surface area (TPSA) is 17.8 Å². The van der Waals surface area contributed by atoms with Gasteiger partial charge in [-0.1, -0.05) is 71.6 Å². The van der Waals surface area contributed by atoms with Crippen LogP contribution in [0.15, 0.2) is 18.7 Å². The fourth-order valence-electron chi connectivity index (χ4n) is 2.94. The standard InChI is InChI=1S/C20H38N2S/c1-3-4-5-6-7-8-9-10-11-12-18-23-20(2)14-13-16-22-17-15-21-19-22/h15,17,19-20H,3-14,16,18H2,1-2H3. The van der Waals surface area contributed by atoms with Gasteiger partial charge in [0.15, 0.2) is 0 Å². The number of rotatable bonds is 16. The van der Waals surface area contributed by atoms with E-state index in [1.807, 2.05) is 12.5 Å². The van der Waals surface area contributed by atoms with E-state index < -0.39 is 0 Å². The molecule has 2 nitrogen and oxygen atoms in total. The van der Waals surface area contributed by atoms with Crippen molar-refractivity contribution in [3.05, 3.63) is 18.7 Å². The zero-order valence-corrected chi connectivity index (χ0v) is 16.3. The molecular formula is C20H38N2S. The smallest absolute Gasteiger partial charge is 0.0945 e. The molecular weight excluding hydrogens is 300 g/mol. The SMILES string of the molecule is CCCCCCCCCCCCSC(C)CCCn1ccnc1. The van der Waals surface area contributed by atoms with Gasteiger partial charge in [-0.05, 0) is 25.0 Å². The summed E-state index contributed by atoms with van der Waals surface area (Å²) >= 11 is 2.17. The van der Waals surface area contributed by atoms with Gasteiger partial charge in [-0.2, -0.15) is 11.8 Å². The van der Waals surface area contributed by atoms with Crippen molar-refractivity contribution in [3.63, 3.8) is 0 Å². The van der Waals surface area contributed by atoms with Gasteiger partial charge in [-0.3, -0.25) is 0 Å². The second kappa shape index (κ2) is 15.1. The van der Waals surface area contributed by atoms with Crippen LogP contribution in [-0.4, -0.2) is 20.6 Å². The van der Waals surface area contributed by atoms with Crippen molar-refractivity contribution < 1.29 is 0 Å². The van der Waals surface area contributed by atoms with Crippen LogP contribution in [0.2, 0.25) is 0 Å². The van der Waals surface area contributed by atoms with E-state index in [9.17, 15) is 0 Å². The van der Waals surface area contributed by atoms with Crippen LogP contribution < -0.4 is 0 Å². The van der Waals surface area contributed by atoms with E-state index in [4.69, 9.17) is 0 Å². The van der Waals surface area contributed by atoms with Crippen molar-refractivity contribution >= 4 is 11.8 Å². The maximum Gasteiger partial charge on any atom is 0.0945 e. The molecule has 0 amide bonds. The highest BCUT2D eigenvalue weighted by Crippen LogP contribution is 2.19. The largest absolute Gasteiger partial charge is 0.337 e. The van der Waals surface area contributed by atoms with Crippen LogP contribution in [0.5, 0.6) is 0 Å². The van der Waals surface area contributed by atoms with Crippen molar-refractivity contribution in [1.82, 2.24) is 9.55 Å². The Bertz CT molecular complexity index is 337. The van der Waals surface area contributed by atoms with Gasteiger partial charge >= 0.3 is 0 Å². The monoisotopic (exact) mass is 338 g/mol. The summed E-state index contributed by atoms with van der Waals surface area (Å²) in [7, 11) is 0. The maximum atomic E-state index is 4.09. The highest BCUT2D eigenvalue weighted by atomic mass is 32.2. The summed E-state index contributed by atoms with van der Waals surface area (Å²) in [6, 6.07) is 0. The van der Waals surface area contributed by atoms with Crippen molar-refractivity contribution in [2.75, 3.05) is 5.75 Å². The molecule has 3 heteroatoms. The molecule has 1 atom stereocenters. The molecule has 0 N–H and O–H groups in total. The van der Waals surface area contributed by atoms with Crippen LogP contribution >= 0.6 is 11.8 Å². The van der Waals surface area contributed by atoms with Crippen LogP contribution in [0.3, 0.4) is 0 Å². The lowest BCUT2D eigenvalue weighted by Gasteiger charge is -2.11. The molecule has 1 aromatic heterocycles. The van der Waals surface area contributed by atoms with Gasteiger partial charge in [-0.25, -0.2) is 4.98 Å². The first-order valence-corrected chi connectivity index (χ1v) is 10.9. The van der Waals surface area contributed by atoms with E-state index in [1.165, 1.54) is 82.8 Å². The molecule has 0 spiro atoms. The van der Waals surface area contributed by atoms with Gasteiger partial charge in [0.25, 0.3) is 0 Å². The molecule has 23 heavy (non-hydrogen) atoms. The number of thioether (sulfide) groups is 1. The number of hydrogen-bond donors (Lipinski definition) is 0. The Morgan fingerprint density at radius 2 is 1.57 bits per heavy atom. The van der Waals surface area contributed by atoms with Gasteiger partial charge < -0.3 is 4.57 Å². The molecule has 0 aliphatic rings. The van der Waals surface area contributed by atoms with E-state index in [-0.39, 0.29) is 0 Å². The summed E-state index contributed by atoms with van der Waals surface area (Å²) in [4.78, 5) is 4.09. The molecule has 0 aliphatic carbocycles. The quantitative estimate of drug-likeness (QED) is 0.312. The molecule has 134 valence electrons. The Morgan fingerprint density at radius 3 is 2.17 bits per heavy atom. The van der Waals surface area contributed by atoms with Gasteiger partial charge in [-0.15, -0.1) is 0 Å². The first kappa shape index (κ1) is 20.6. The number of nitrogens with zero attached hydrogens (tertiary/aromatic N) is 2. The summed E-state index contributed by atoms with van der Waals surface area (Å²) in [5.74, 6) is 1.35. The van der Waals surface area contributed by atoms with Gasteiger partial charge in [0.05, 0.1) is 6.33 Å². The zero-order chi connectivity index (χ0) is 16.6. The minimum absolute atomic E-state index is 0.803. The highest BCUT2D eigenvalue weighted by Gasteiger charge is 2.02. The minimum Gasteiger partial charge on any atom is -0.337 e. The second-order valence-corrected chi connectivity index (χ2v) is 8.35. The summed E-state index contributed by atoms with van der Waals surface area (Å²) in [5.41, 5.74) is 0. The molecule has 0 saturated carbocycles.